The molecule has 2 amide bonds. The summed E-state index contributed by atoms with van der Waals surface area (Å²) in [6.07, 6.45) is 4.26. The second-order valence-corrected chi connectivity index (χ2v) is 4.62. The summed E-state index contributed by atoms with van der Waals surface area (Å²) in [5, 5.41) is 2.57. The Balaban J connectivity index is 3.63. The Labute approximate surface area is 109 Å². The minimum Gasteiger partial charge on any atom is -0.359 e. The van der Waals surface area contributed by atoms with Crippen LogP contribution < -0.4 is 5.32 Å². The van der Waals surface area contributed by atoms with Crippen molar-refractivity contribution in [3.63, 3.8) is 0 Å². The van der Waals surface area contributed by atoms with Crippen LogP contribution in [0.4, 0.5) is 0 Å². The third-order valence-corrected chi connectivity index (χ3v) is 2.83. The Hall–Kier alpha value is -1.39. The Morgan fingerprint density at radius 1 is 1.28 bits per heavy atom. The van der Waals surface area contributed by atoms with E-state index in [4.69, 9.17) is 0 Å². The Kier molecular flexibility index (Phi) is 8.88. The lowest BCUT2D eigenvalue weighted by Crippen LogP contribution is -2.29. The van der Waals surface area contributed by atoms with E-state index in [1.165, 1.54) is 0 Å². The molecule has 0 bridgehead atoms. The maximum Gasteiger partial charge on any atom is 0.223 e. The molecule has 5 heteroatoms. The number of unbranched alkanes of at least 4 members (excludes halogenated alkanes) is 2. The molecule has 0 aliphatic rings. The number of carbonyl (C=O) groups excluding carboxylic acids is 3. The van der Waals surface area contributed by atoms with E-state index in [9.17, 15) is 14.4 Å². The Morgan fingerprint density at radius 2 is 1.94 bits per heavy atom. The molecular weight excluding hydrogens is 232 g/mol. The first-order chi connectivity index (χ1) is 8.51. The number of hydrogen-bond acceptors (Lipinski definition) is 3. The first-order valence-electron chi connectivity index (χ1n) is 6.41. The molecule has 0 spiro atoms. The average molecular weight is 256 g/mol. The molecule has 0 heterocycles. The molecule has 104 valence electrons. The fourth-order valence-electron chi connectivity index (χ4n) is 1.54. The highest BCUT2D eigenvalue weighted by Gasteiger charge is 2.12. The largest absolute Gasteiger partial charge is 0.359 e. The monoisotopic (exact) mass is 256 g/mol. The van der Waals surface area contributed by atoms with Crippen molar-refractivity contribution in [3.8, 4) is 0 Å². The zero-order valence-electron chi connectivity index (χ0n) is 11.6. The second-order valence-electron chi connectivity index (χ2n) is 4.62. The van der Waals surface area contributed by atoms with Gasteiger partial charge in [-0.15, -0.1) is 0 Å². The van der Waals surface area contributed by atoms with Gasteiger partial charge in [-0.1, -0.05) is 13.3 Å². The number of rotatable bonds is 9. The number of aldehydes is 1. The van der Waals surface area contributed by atoms with Crippen molar-refractivity contribution >= 4 is 18.1 Å². The van der Waals surface area contributed by atoms with E-state index < -0.39 is 0 Å². The lowest BCUT2D eigenvalue weighted by atomic mass is 10.1. The third kappa shape index (κ3) is 7.81. The van der Waals surface area contributed by atoms with Gasteiger partial charge in [0.05, 0.1) is 0 Å². The van der Waals surface area contributed by atoms with E-state index in [-0.39, 0.29) is 24.2 Å². The molecule has 0 aliphatic carbocycles. The lowest BCUT2D eigenvalue weighted by molar-refractivity contribution is -0.132. The van der Waals surface area contributed by atoms with Gasteiger partial charge >= 0.3 is 0 Å². The van der Waals surface area contributed by atoms with Crippen LogP contribution in [-0.2, 0) is 14.4 Å². The van der Waals surface area contributed by atoms with Gasteiger partial charge in [-0.05, 0) is 12.8 Å². The minimum atomic E-state index is -0.215. The van der Waals surface area contributed by atoms with Crippen molar-refractivity contribution in [1.29, 1.82) is 0 Å². The van der Waals surface area contributed by atoms with Gasteiger partial charge in [0.25, 0.3) is 0 Å². The van der Waals surface area contributed by atoms with E-state index in [0.29, 0.717) is 13.0 Å². The quantitative estimate of drug-likeness (QED) is 0.494. The van der Waals surface area contributed by atoms with Crippen LogP contribution in [0, 0.1) is 5.92 Å². The van der Waals surface area contributed by atoms with Gasteiger partial charge < -0.3 is 15.0 Å². The second kappa shape index (κ2) is 9.62. The summed E-state index contributed by atoms with van der Waals surface area (Å²) in [7, 11) is 3.38. The fourth-order valence-corrected chi connectivity index (χ4v) is 1.54. The van der Waals surface area contributed by atoms with Gasteiger partial charge in [0.1, 0.15) is 6.29 Å². The highest BCUT2D eigenvalue weighted by Crippen LogP contribution is 2.05. The summed E-state index contributed by atoms with van der Waals surface area (Å²) in [6, 6.07) is 0. The normalized spacial score (nSPS) is 11.7. The van der Waals surface area contributed by atoms with Gasteiger partial charge in [-0.3, -0.25) is 9.59 Å². The van der Waals surface area contributed by atoms with Gasteiger partial charge in [0.15, 0.2) is 0 Å². The van der Waals surface area contributed by atoms with Gasteiger partial charge in [-0.2, -0.15) is 0 Å². The molecule has 1 atom stereocenters. The van der Waals surface area contributed by atoms with Gasteiger partial charge in [0, 0.05) is 39.4 Å². The number of nitrogens with one attached hydrogen (secondary N) is 1. The smallest absolute Gasteiger partial charge is 0.223 e. The average Bonchev–Trinajstić information content (AvgIpc) is 2.37. The molecule has 0 aromatic heterocycles. The number of carbonyl (C=O) groups is 3. The Bertz CT molecular complexity index is 279. The maximum atomic E-state index is 11.6. The zero-order chi connectivity index (χ0) is 14.0. The van der Waals surface area contributed by atoms with E-state index in [1.807, 2.05) is 0 Å². The van der Waals surface area contributed by atoms with Crippen LogP contribution >= 0.6 is 0 Å². The van der Waals surface area contributed by atoms with Crippen LogP contribution in [0.2, 0.25) is 0 Å². The molecule has 0 aromatic rings. The summed E-state index contributed by atoms with van der Waals surface area (Å²) in [5.74, 6) is -0.159. The SMILES string of the molecule is CNC(=O)CCCCCN(C)C(=O)CC(C)C=O. The summed E-state index contributed by atoms with van der Waals surface area (Å²) < 4.78 is 0. The molecule has 0 saturated carbocycles. The molecule has 18 heavy (non-hydrogen) atoms. The van der Waals surface area contributed by atoms with Crippen molar-refractivity contribution < 1.29 is 14.4 Å². The van der Waals surface area contributed by atoms with Gasteiger partial charge in [-0.25, -0.2) is 0 Å². The molecule has 1 unspecified atom stereocenters. The van der Waals surface area contributed by atoms with Crippen LogP contribution in [0.5, 0.6) is 0 Å². The molecular formula is C13H24N2O3. The van der Waals surface area contributed by atoms with Crippen LogP contribution in [0.1, 0.15) is 39.0 Å². The van der Waals surface area contributed by atoms with Crippen LogP contribution in [0.3, 0.4) is 0 Å². The summed E-state index contributed by atoms with van der Waals surface area (Å²) in [5.41, 5.74) is 0. The molecule has 0 saturated heterocycles. The van der Waals surface area contributed by atoms with Crippen molar-refractivity contribution in [2.24, 2.45) is 5.92 Å². The van der Waals surface area contributed by atoms with Crippen LogP contribution in [-0.4, -0.2) is 43.6 Å². The van der Waals surface area contributed by atoms with Crippen molar-refractivity contribution in [2.45, 2.75) is 39.0 Å². The Morgan fingerprint density at radius 3 is 2.50 bits per heavy atom. The molecule has 0 aromatic carbocycles. The zero-order valence-corrected chi connectivity index (χ0v) is 11.6. The van der Waals surface area contributed by atoms with Gasteiger partial charge in [0.2, 0.25) is 11.8 Å². The predicted molar refractivity (Wildman–Crippen MR) is 70.0 cm³/mol. The van der Waals surface area contributed by atoms with Crippen LogP contribution in [0.25, 0.3) is 0 Å². The molecule has 0 fully saturated rings. The molecule has 0 aliphatic heterocycles. The molecule has 0 radical (unpaired) electrons. The summed E-state index contributed by atoms with van der Waals surface area (Å²) >= 11 is 0. The maximum absolute atomic E-state index is 11.6. The third-order valence-electron chi connectivity index (χ3n) is 2.83. The first kappa shape index (κ1) is 16.6. The summed E-state index contributed by atoms with van der Waals surface area (Å²) in [6.45, 7) is 2.42. The topological polar surface area (TPSA) is 66.5 Å². The molecule has 1 N–H and O–H groups in total. The van der Waals surface area contributed by atoms with E-state index in [0.717, 1.165) is 25.5 Å². The summed E-state index contributed by atoms with van der Waals surface area (Å²) in [4.78, 5) is 34.7. The number of amides is 2. The van der Waals surface area contributed by atoms with E-state index in [2.05, 4.69) is 5.32 Å². The van der Waals surface area contributed by atoms with Crippen molar-refractivity contribution in [1.82, 2.24) is 10.2 Å². The van der Waals surface area contributed by atoms with Crippen LogP contribution in [0.15, 0.2) is 0 Å². The number of nitrogens with zero attached hydrogens (tertiary/aromatic N) is 1. The number of hydrogen-bond donors (Lipinski definition) is 1. The van der Waals surface area contributed by atoms with E-state index in [1.54, 1.807) is 25.9 Å². The van der Waals surface area contributed by atoms with Crippen molar-refractivity contribution in [3.05, 3.63) is 0 Å². The molecule has 0 rings (SSSR count). The highest BCUT2D eigenvalue weighted by atomic mass is 16.2. The standard InChI is InChI=1S/C13H24N2O3/c1-11(10-16)9-13(18)15(3)8-6-4-5-7-12(17)14-2/h10-11H,4-9H2,1-3H3,(H,14,17). The lowest BCUT2D eigenvalue weighted by Gasteiger charge is -2.17. The molecule has 5 nitrogen and oxygen atoms in total. The van der Waals surface area contributed by atoms with Crippen molar-refractivity contribution in [2.75, 3.05) is 20.6 Å². The fraction of sp³-hybridized carbons (Fsp3) is 0.769. The van der Waals surface area contributed by atoms with E-state index >= 15 is 0 Å². The minimum absolute atomic E-state index is 0.000834. The first-order valence-corrected chi connectivity index (χ1v) is 6.41. The predicted octanol–water partition coefficient (Wildman–Crippen LogP) is 0.976. The highest BCUT2D eigenvalue weighted by molar-refractivity contribution is 5.78.